The van der Waals surface area contributed by atoms with Gasteiger partial charge in [-0.25, -0.2) is 0 Å². The minimum absolute atomic E-state index is 0.0185. The second kappa shape index (κ2) is 7.19. The summed E-state index contributed by atoms with van der Waals surface area (Å²) in [6.07, 6.45) is 6.37. The van der Waals surface area contributed by atoms with Crippen molar-refractivity contribution >= 4 is 11.6 Å². The minimum atomic E-state index is 0.0185. The molecule has 1 amide bonds. The normalized spacial score (nSPS) is 17.8. The predicted molar refractivity (Wildman–Crippen MR) is 75.2 cm³/mol. The molecule has 0 aliphatic heterocycles. The zero-order chi connectivity index (χ0) is 13.5. The Morgan fingerprint density at radius 2 is 2.17 bits per heavy atom. The Bertz CT molecular complexity index is 341. The van der Waals surface area contributed by atoms with Crippen LogP contribution < -0.4 is 11.1 Å². The molecule has 0 aromatic carbocycles. The summed E-state index contributed by atoms with van der Waals surface area (Å²) in [5, 5.41) is 2.89. The highest BCUT2D eigenvalue weighted by atomic mass is 16.1. The highest BCUT2D eigenvalue weighted by Crippen LogP contribution is 2.30. The summed E-state index contributed by atoms with van der Waals surface area (Å²) < 4.78 is 0. The molecule has 1 saturated carbocycles. The Morgan fingerprint density at radius 3 is 2.56 bits per heavy atom. The van der Waals surface area contributed by atoms with Gasteiger partial charge in [-0.15, -0.1) is 0 Å². The Kier molecular flexibility index (Phi) is 5.89. The van der Waals surface area contributed by atoms with Gasteiger partial charge in [-0.2, -0.15) is 0 Å². The van der Waals surface area contributed by atoms with Gasteiger partial charge >= 0.3 is 0 Å². The Labute approximate surface area is 110 Å². The van der Waals surface area contributed by atoms with Crippen LogP contribution in [-0.4, -0.2) is 17.7 Å². The molecule has 0 bridgehead atoms. The summed E-state index contributed by atoms with van der Waals surface area (Å²) >= 11 is 0. The van der Waals surface area contributed by atoms with Gasteiger partial charge in [-0.05, 0) is 33.1 Å². The van der Waals surface area contributed by atoms with Gasteiger partial charge in [0.15, 0.2) is 0 Å². The van der Waals surface area contributed by atoms with E-state index >= 15 is 0 Å². The summed E-state index contributed by atoms with van der Waals surface area (Å²) in [5.41, 5.74) is 7.33. The lowest BCUT2D eigenvalue weighted by Crippen LogP contribution is -2.34. The van der Waals surface area contributed by atoms with E-state index in [1.807, 2.05) is 20.8 Å². The van der Waals surface area contributed by atoms with Crippen molar-refractivity contribution in [3.8, 4) is 0 Å². The highest BCUT2D eigenvalue weighted by Gasteiger charge is 2.26. The number of carbonyl (C=O) groups is 1. The van der Waals surface area contributed by atoms with Crippen LogP contribution in [0.3, 0.4) is 0 Å². The standard InChI is InChI=1S/C14H25N3O/c1-4-6-13(18)17-12(9-15)14(16-10(2)3)11-7-5-8-11/h9-11H,4-8,15H2,1-3H3,(H,17,18). The van der Waals surface area contributed by atoms with Crippen LogP contribution in [0.15, 0.2) is 16.9 Å². The third-order valence-corrected chi connectivity index (χ3v) is 3.08. The maximum Gasteiger partial charge on any atom is 0.224 e. The molecule has 0 radical (unpaired) electrons. The molecule has 0 saturated heterocycles. The quantitative estimate of drug-likeness (QED) is 0.712. The fourth-order valence-electron chi connectivity index (χ4n) is 1.99. The number of allylic oxidation sites excluding steroid dienone is 1. The van der Waals surface area contributed by atoms with Crippen LogP contribution in [0.1, 0.15) is 52.9 Å². The van der Waals surface area contributed by atoms with Crippen LogP contribution in [0, 0.1) is 5.92 Å². The van der Waals surface area contributed by atoms with E-state index in [-0.39, 0.29) is 11.9 Å². The van der Waals surface area contributed by atoms with Gasteiger partial charge < -0.3 is 11.1 Å². The molecule has 0 atom stereocenters. The number of aliphatic imine (C=N–C) groups is 1. The molecular weight excluding hydrogens is 226 g/mol. The van der Waals surface area contributed by atoms with E-state index in [0.717, 1.165) is 25.0 Å². The van der Waals surface area contributed by atoms with E-state index in [9.17, 15) is 4.79 Å². The maximum absolute atomic E-state index is 11.7. The lowest BCUT2D eigenvalue weighted by atomic mass is 9.80. The molecule has 1 rings (SSSR count). The Hall–Kier alpha value is -1.32. The highest BCUT2D eigenvalue weighted by molar-refractivity contribution is 6.04. The third-order valence-electron chi connectivity index (χ3n) is 3.08. The topological polar surface area (TPSA) is 67.5 Å². The molecule has 3 N–H and O–H groups in total. The van der Waals surface area contributed by atoms with Crippen molar-refractivity contribution in [3.63, 3.8) is 0 Å². The van der Waals surface area contributed by atoms with E-state index in [2.05, 4.69) is 10.3 Å². The molecule has 1 aliphatic rings. The smallest absolute Gasteiger partial charge is 0.224 e. The number of carbonyl (C=O) groups excluding carboxylic acids is 1. The van der Waals surface area contributed by atoms with Crippen molar-refractivity contribution in [1.29, 1.82) is 0 Å². The Balaban J connectivity index is 2.78. The molecular formula is C14H25N3O. The van der Waals surface area contributed by atoms with Crippen molar-refractivity contribution in [3.05, 3.63) is 11.9 Å². The van der Waals surface area contributed by atoms with Crippen LogP contribution in [0.5, 0.6) is 0 Å². The van der Waals surface area contributed by atoms with Gasteiger partial charge in [0.1, 0.15) is 0 Å². The summed E-state index contributed by atoms with van der Waals surface area (Å²) in [7, 11) is 0. The minimum Gasteiger partial charge on any atom is -0.403 e. The van der Waals surface area contributed by atoms with Gasteiger partial charge in [-0.3, -0.25) is 9.79 Å². The van der Waals surface area contributed by atoms with Crippen molar-refractivity contribution in [2.45, 2.75) is 58.9 Å². The SMILES string of the molecule is CCCC(=O)NC(=CN)C(=NC(C)C)C1CCC1. The monoisotopic (exact) mass is 251 g/mol. The number of nitrogens with two attached hydrogens (primary N) is 1. The third kappa shape index (κ3) is 4.17. The number of amides is 1. The van der Waals surface area contributed by atoms with Gasteiger partial charge in [-0.1, -0.05) is 13.3 Å². The van der Waals surface area contributed by atoms with Crippen LogP contribution in [0.2, 0.25) is 0 Å². The van der Waals surface area contributed by atoms with Crippen molar-refractivity contribution in [2.24, 2.45) is 16.6 Å². The molecule has 0 unspecified atom stereocenters. The number of hydrogen-bond donors (Lipinski definition) is 2. The molecule has 1 fully saturated rings. The zero-order valence-corrected chi connectivity index (χ0v) is 11.7. The second-order valence-corrected chi connectivity index (χ2v) is 5.11. The number of rotatable bonds is 6. The number of hydrogen-bond acceptors (Lipinski definition) is 3. The fraction of sp³-hybridized carbons (Fsp3) is 0.714. The molecule has 4 heteroatoms. The van der Waals surface area contributed by atoms with E-state index in [0.29, 0.717) is 18.0 Å². The van der Waals surface area contributed by atoms with E-state index in [4.69, 9.17) is 5.73 Å². The van der Waals surface area contributed by atoms with Crippen LogP contribution in [-0.2, 0) is 4.79 Å². The van der Waals surface area contributed by atoms with Gasteiger partial charge in [0.05, 0.1) is 11.4 Å². The summed E-state index contributed by atoms with van der Waals surface area (Å²) in [6.45, 7) is 6.07. The van der Waals surface area contributed by atoms with E-state index in [1.165, 1.54) is 12.6 Å². The lowest BCUT2D eigenvalue weighted by molar-refractivity contribution is -0.120. The first-order valence-corrected chi connectivity index (χ1v) is 6.88. The van der Waals surface area contributed by atoms with Crippen molar-refractivity contribution in [1.82, 2.24) is 5.32 Å². The van der Waals surface area contributed by atoms with Crippen molar-refractivity contribution < 1.29 is 4.79 Å². The van der Waals surface area contributed by atoms with Crippen molar-refractivity contribution in [2.75, 3.05) is 0 Å². The maximum atomic E-state index is 11.7. The average Bonchev–Trinajstić information content (AvgIpc) is 2.22. The van der Waals surface area contributed by atoms with Crippen LogP contribution in [0.4, 0.5) is 0 Å². The summed E-state index contributed by atoms with van der Waals surface area (Å²) in [4.78, 5) is 16.3. The lowest BCUT2D eigenvalue weighted by Gasteiger charge is -2.29. The summed E-state index contributed by atoms with van der Waals surface area (Å²) in [6, 6.07) is 0.221. The number of nitrogens with one attached hydrogen (secondary N) is 1. The second-order valence-electron chi connectivity index (χ2n) is 5.11. The molecule has 0 aromatic rings. The predicted octanol–water partition coefficient (Wildman–Crippen LogP) is 2.35. The molecule has 102 valence electrons. The van der Waals surface area contributed by atoms with Crippen LogP contribution >= 0.6 is 0 Å². The molecule has 0 spiro atoms. The molecule has 18 heavy (non-hydrogen) atoms. The first-order valence-electron chi connectivity index (χ1n) is 6.88. The van der Waals surface area contributed by atoms with E-state index in [1.54, 1.807) is 0 Å². The average molecular weight is 251 g/mol. The zero-order valence-electron chi connectivity index (χ0n) is 11.7. The van der Waals surface area contributed by atoms with Gasteiger partial charge in [0, 0.05) is 24.6 Å². The fourth-order valence-corrected chi connectivity index (χ4v) is 1.99. The first kappa shape index (κ1) is 14.7. The Morgan fingerprint density at radius 1 is 1.50 bits per heavy atom. The summed E-state index contributed by atoms with van der Waals surface area (Å²) in [5.74, 6) is 0.481. The number of nitrogens with zero attached hydrogens (tertiary/aromatic N) is 1. The molecule has 0 heterocycles. The first-order chi connectivity index (χ1) is 8.58. The van der Waals surface area contributed by atoms with E-state index < -0.39 is 0 Å². The molecule has 0 aromatic heterocycles. The molecule has 4 nitrogen and oxygen atoms in total. The largest absolute Gasteiger partial charge is 0.403 e. The van der Waals surface area contributed by atoms with Crippen LogP contribution in [0.25, 0.3) is 0 Å². The molecule has 1 aliphatic carbocycles. The van der Waals surface area contributed by atoms with Gasteiger partial charge in [0.25, 0.3) is 0 Å². The van der Waals surface area contributed by atoms with Gasteiger partial charge in [0.2, 0.25) is 5.91 Å².